The first-order chi connectivity index (χ1) is 19.2. The Morgan fingerprint density at radius 2 is 1.66 bits per heavy atom. The molecule has 9 nitrogen and oxygen atoms in total. The number of para-hydroxylation sites is 1. The SMILES string of the molecule is C[C@H]1CN(C(=O)OC(C)(C)C)CCN1C(=O)c1cc(Cl)ccc1NS(=O)(=O)c1ccc(Oc2ccccc2Cl)cc1. The van der Waals surface area contributed by atoms with Crippen molar-refractivity contribution in [1.29, 1.82) is 0 Å². The Labute approximate surface area is 250 Å². The molecule has 0 radical (unpaired) electrons. The van der Waals surface area contributed by atoms with Gasteiger partial charge in [-0.1, -0.05) is 35.3 Å². The fraction of sp³-hybridized carbons (Fsp3) is 0.310. The zero-order valence-electron chi connectivity index (χ0n) is 23.1. The lowest BCUT2D eigenvalue weighted by Gasteiger charge is -2.40. The Kier molecular flexibility index (Phi) is 9.06. The molecule has 0 saturated carbocycles. The number of rotatable bonds is 6. The van der Waals surface area contributed by atoms with Crippen LogP contribution >= 0.6 is 23.2 Å². The van der Waals surface area contributed by atoms with Gasteiger partial charge >= 0.3 is 6.09 Å². The highest BCUT2D eigenvalue weighted by atomic mass is 35.5. The van der Waals surface area contributed by atoms with Gasteiger partial charge in [0.1, 0.15) is 17.1 Å². The topological polar surface area (TPSA) is 105 Å². The van der Waals surface area contributed by atoms with Gasteiger partial charge in [-0.05, 0) is 82.3 Å². The quantitative estimate of drug-likeness (QED) is 0.330. The number of carbonyl (C=O) groups is 2. The lowest BCUT2D eigenvalue weighted by molar-refractivity contribution is 0.00618. The molecule has 0 bridgehead atoms. The van der Waals surface area contributed by atoms with E-state index in [1.807, 2.05) is 6.92 Å². The number of halogens is 2. The molecule has 2 amide bonds. The number of nitrogens with zero attached hydrogens (tertiary/aromatic N) is 2. The fourth-order valence-corrected chi connectivity index (χ4v) is 5.66. The zero-order chi connectivity index (χ0) is 29.9. The summed E-state index contributed by atoms with van der Waals surface area (Å²) in [5.41, 5.74) is -0.460. The van der Waals surface area contributed by atoms with Gasteiger partial charge < -0.3 is 19.3 Å². The predicted molar refractivity (Wildman–Crippen MR) is 159 cm³/mol. The van der Waals surface area contributed by atoms with Crippen molar-refractivity contribution in [2.45, 2.75) is 44.2 Å². The summed E-state index contributed by atoms with van der Waals surface area (Å²) in [5.74, 6) is 0.428. The summed E-state index contributed by atoms with van der Waals surface area (Å²) in [5, 5.41) is 0.698. The Bertz CT molecular complexity index is 1540. The average Bonchev–Trinajstić information content (AvgIpc) is 2.90. The second-order valence-electron chi connectivity index (χ2n) is 10.6. The summed E-state index contributed by atoms with van der Waals surface area (Å²) in [6, 6.07) is 16.8. The van der Waals surface area contributed by atoms with Crippen LogP contribution in [0.1, 0.15) is 38.1 Å². The molecule has 1 N–H and O–H groups in total. The molecule has 1 saturated heterocycles. The fourth-order valence-electron chi connectivity index (χ4n) is 4.23. The Morgan fingerprint density at radius 1 is 0.976 bits per heavy atom. The molecule has 218 valence electrons. The van der Waals surface area contributed by atoms with Gasteiger partial charge in [0.05, 0.1) is 21.2 Å². The normalized spacial score (nSPS) is 15.8. The molecular weight excluding hydrogens is 589 g/mol. The highest BCUT2D eigenvalue weighted by molar-refractivity contribution is 7.92. The van der Waals surface area contributed by atoms with E-state index in [0.717, 1.165) is 0 Å². The molecule has 3 aromatic carbocycles. The number of sulfonamides is 1. The van der Waals surface area contributed by atoms with Crippen molar-refractivity contribution in [3.8, 4) is 11.5 Å². The summed E-state index contributed by atoms with van der Waals surface area (Å²) in [7, 11) is -4.08. The smallest absolute Gasteiger partial charge is 0.410 e. The molecule has 1 aliphatic rings. The van der Waals surface area contributed by atoms with E-state index in [1.165, 1.54) is 42.5 Å². The maximum Gasteiger partial charge on any atom is 0.410 e. The van der Waals surface area contributed by atoms with Crippen LogP contribution in [0.15, 0.2) is 71.6 Å². The standard InChI is InChI=1S/C29H31Cl2N3O6S/c1-19-18-33(28(36)40-29(2,3)4)15-16-34(19)27(35)23-17-20(30)9-14-25(23)32-41(37,38)22-12-10-21(11-13-22)39-26-8-6-5-7-24(26)31/h5-14,17,19,32H,15-16,18H2,1-4H3/t19-/m0/s1. The zero-order valence-corrected chi connectivity index (χ0v) is 25.4. The maximum absolute atomic E-state index is 13.6. The van der Waals surface area contributed by atoms with Gasteiger partial charge in [-0.2, -0.15) is 0 Å². The largest absolute Gasteiger partial charge is 0.456 e. The van der Waals surface area contributed by atoms with Crippen LogP contribution in [0.4, 0.5) is 10.5 Å². The first-order valence-electron chi connectivity index (χ1n) is 12.9. The van der Waals surface area contributed by atoms with Gasteiger partial charge in [0.15, 0.2) is 0 Å². The van der Waals surface area contributed by atoms with E-state index in [1.54, 1.807) is 54.8 Å². The number of hydrogen-bond acceptors (Lipinski definition) is 6. The lowest BCUT2D eigenvalue weighted by atomic mass is 10.1. The second-order valence-corrected chi connectivity index (χ2v) is 13.1. The van der Waals surface area contributed by atoms with Crippen LogP contribution in [0.5, 0.6) is 11.5 Å². The third kappa shape index (κ3) is 7.63. The van der Waals surface area contributed by atoms with Crippen LogP contribution in [-0.2, 0) is 14.8 Å². The van der Waals surface area contributed by atoms with Gasteiger partial charge in [0, 0.05) is 30.7 Å². The van der Waals surface area contributed by atoms with Crippen molar-refractivity contribution in [3.63, 3.8) is 0 Å². The Balaban J connectivity index is 1.50. The third-order valence-corrected chi connectivity index (χ3v) is 8.12. The van der Waals surface area contributed by atoms with Crippen molar-refractivity contribution in [3.05, 3.63) is 82.3 Å². The van der Waals surface area contributed by atoms with Crippen LogP contribution < -0.4 is 9.46 Å². The van der Waals surface area contributed by atoms with Crippen LogP contribution in [-0.4, -0.2) is 61.5 Å². The molecule has 0 spiro atoms. The molecule has 0 aromatic heterocycles. The number of amides is 2. The number of hydrogen-bond donors (Lipinski definition) is 1. The van der Waals surface area contributed by atoms with Gasteiger partial charge in [0.25, 0.3) is 15.9 Å². The highest BCUT2D eigenvalue weighted by Crippen LogP contribution is 2.31. The first-order valence-corrected chi connectivity index (χ1v) is 15.1. The molecule has 3 aromatic rings. The van der Waals surface area contributed by atoms with E-state index in [0.29, 0.717) is 16.5 Å². The summed E-state index contributed by atoms with van der Waals surface area (Å²) in [4.78, 5) is 29.3. The van der Waals surface area contributed by atoms with Crippen LogP contribution in [0.25, 0.3) is 0 Å². The molecule has 1 aliphatic heterocycles. The summed E-state index contributed by atoms with van der Waals surface area (Å²) in [6.07, 6.45) is -0.448. The van der Waals surface area contributed by atoms with E-state index < -0.39 is 27.6 Å². The summed E-state index contributed by atoms with van der Waals surface area (Å²) in [6.45, 7) is 7.97. The Hall–Kier alpha value is -3.47. The van der Waals surface area contributed by atoms with E-state index in [-0.39, 0.29) is 46.8 Å². The number of carbonyl (C=O) groups excluding carboxylic acids is 2. The molecule has 12 heteroatoms. The van der Waals surface area contributed by atoms with Crippen molar-refractivity contribution in [1.82, 2.24) is 9.80 Å². The first kappa shape index (κ1) is 30.5. The number of piperazine rings is 1. The third-order valence-electron chi connectivity index (χ3n) is 6.19. The van der Waals surface area contributed by atoms with Crippen molar-refractivity contribution in [2.24, 2.45) is 0 Å². The van der Waals surface area contributed by atoms with E-state index in [4.69, 9.17) is 32.7 Å². The van der Waals surface area contributed by atoms with Gasteiger partial charge in [0.2, 0.25) is 0 Å². The number of benzene rings is 3. The molecule has 1 fully saturated rings. The van der Waals surface area contributed by atoms with Crippen molar-refractivity contribution >= 4 is 50.9 Å². The van der Waals surface area contributed by atoms with Crippen molar-refractivity contribution < 1.29 is 27.5 Å². The molecule has 0 unspecified atom stereocenters. The maximum atomic E-state index is 13.6. The molecule has 4 rings (SSSR count). The monoisotopic (exact) mass is 619 g/mol. The van der Waals surface area contributed by atoms with Gasteiger partial charge in [-0.25, -0.2) is 13.2 Å². The minimum atomic E-state index is -4.08. The van der Waals surface area contributed by atoms with Gasteiger partial charge in [-0.15, -0.1) is 0 Å². The lowest BCUT2D eigenvalue weighted by Crippen LogP contribution is -2.56. The van der Waals surface area contributed by atoms with E-state index in [9.17, 15) is 18.0 Å². The summed E-state index contributed by atoms with van der Waals surface area (Å²) < 4.78 is 40.2. The summed E-state index contributed by atoms with van der Waals surface area (Å²) >= 11 is 12.3. The van der Waals surface area contributed by atoms with Crippen molar-refractivity contribution in [2.75, 3.05) is 24.4 Å². The van der Waals surface area contributed by atoms with E-state index in [2.05, 4.69) is 4.72 Å². The van der Waals surface area contributed by atoms with Crippen LogP contribution in [0.3, 0.4) is 0 Å². The number of nitrogens with one attached hydrogen (secondary N) is 1. The molecule has 41 heavy (non-hydrogen) atoms. The molecular formula is C29H31Cl2N3O6S. The predicted octanol–water partition coefficient (Wildman–Crippen LogP) is 6.67. The molecule has 0 aliphatic carbocycles. The minimum Gasteiger partial charge on any atom is -0.456 e. The Morgan fingerprint density at radius 3 is 2.29 bits per heavy atom. The van der Waals surface area contributed by atoms with Crippen LogP contribution in [0.2, 0.25) is 10.0 Å². The number of anilines is 1. The van der Waals surface area contributed by atoms with Crippen LogP contribution in [0, 0.1) is 0 Å². The highest BCUT2D eigenvalue weighted by Gasteiger charge is 2.33. The number of ether oxygens (including phenoxy) is 2. The molecule has 1 atom stereocenters. The van der Waals surface area contributed by atoms with Gasteiger partial charge in [-0.3, -0.25) is 9.52 Å². The minimum absolute atomic E-state index is 0.0308. The van der Waals surface area contributed by atoms with E-state index >= 15 is 0 Å². The average molecular weight is 621 g/mol. The second kappa shape index (κ2) is 12.2. The molecule has 1 heterocycles.